The van der Waals surface area contributed by atoms with Crippen molar-refractivity contribution >= 4 is 11.6 Å². The van der Waals surface area contributed by atoms with E-state index < -0.39 is 17.2 Å². The minimum absolute atomic E-state index is 0.314. The van der Waals surface area contributed by atoms with E-state index in [-0.39, 0.29) is 6.61 Å². The third-order valence-corrected chi connectivity index (χ3v) is 4.97. The maximum absolute atomic E-state index is 12.4. The van der Waals surface area contributed by atoms with Gasteiger partial charge in [-0.25, -0.2) is 0 Å². The van der Waals surface area contributed by atoms with Gasteiger partial charge in [0.1, 0.15) is 11.4 Å². The van der Waals surface area contributed by atoms with Gasteiger partial charge in [0.2, 0.25) is 11.6 Å². The zero-order valence-electron chi connectivity index (χ0n) is 12.7. The second kappa shape index (κ2) is 4.63. The van der Waals surface area contributed by atoms with Gasteiger partial charge in [-0.2, -0.15) is 0 Å². The van der Waals surface area contributed by atoms with Gasteiger partial charge in [0.25, 0.3) is 0 Å². The van der Waals surface area contributed by atoms with Crippen LogP contribution >= 0.6 is 0 Å². The van der Waals surface area contributed by atoms with Gasteiger partial charge >= 0.3 is 0 Å². The average molecular weight is 312 g/mol. The maximum Gasteiger partial charge on any atom is 0.237 e. The summed E-state index contributed by atoms with van der Waals surface area (Å²) >= 11 is 0. The fourth-order valence-corrected chi connectivity index (χ4v) is 3.79. The predicted molar refractivity (Wildman–Crippen MR) is 81.5 cm³/mol. The molecular formula is C18H16O5. The standard InChI is InChI=1S/C18H16O5/c1-9-7-23-17-13(9)16(21)15(20)11-4-5-12-10(14(11)17)3-2-6-18(12,22)8-19/h4-5,7,19,22H,2-3,6,8H2,1H3. The molecule has 118 valence electrons. The van der Waals surface area contributed by atoms with Gasteiger partial charge in [0.05, 0.1) is 18.4 Å². The van der Waals surface area contributed by atoms with Crippen LogP contribution in [0.2, 0.25) is 0 Å². The van der Waals surface area contributed by atoms with E-state index in [4.69, 9.17) is 4.42 Å². The van der Waals surface area contributed by atoms with Crippen molar-refractivity contribution in [2.45, 2.75) is 31.8 Å². The van der Waals surface area contributed by atoms with Crippen LogP contribution in [0.4, 0.5) is 0 Å². The Morgan fingerprint density at radius 1 is 1.22 bits per heavy atom. The molecule has 0 spiro atoms. The minimum atomic E-state index is -1.31. The number of hydrogen-bond acceptors (Lipinski definition) is 5. The summed E-state index contributed by atoms with van der Waals surface area (Å²) < 4.78 is 5.58. The first-order valence-corrected chi connectivity index (χ1v) is 7.65. The zero-order valence-corrected chi connectivity index (χ0v) is 12.7. The highest BCUT2D eigenvalue weighted by atomic mass is 16.3. The van der Waals surface area contributed by atoms with Crippen LogP contribution in [0.15, 0.2) is 22.8 Å². The van der Waals surface area contributed by atoms with Gasteiger partial charge in [-0.1, -0.05) is 6.07 Å². The Morgan fingerprint density at radius 3 is 2.74 bits per heavy atom. The molecular weight excluding hydrogens is 296 g/mol. The molecule has 0 fully saturated rings. The summed E-state index contributed by atoms with van der Waals surface area (Å²) in [4.78, 5) is 24.8. The number of Topliss-reactive ketones (excluding diaryl/α,β-unsaturated/α-hetero) is 2. The molecule has 4 rings (SSSR count). The van der Waals surface area contributed by atoms with Crippen molar-refractivity contribution in [1.82, 2.24) is 0 Å². The largest absolute Gasteiger partial charge is 0.463 e. The van der Waals surface area contributed by atoms with Crippen molar-refractivity contribution in [3.63, 3.8) is 0 Å². The molecule has 0 amide bonds. The highest BCUT2D eigenvalue weighted by Crippen LogP contribution is 2.45. The number of aryl methyl sites for hydroxylation is 1. The van der Waals surface area contributed by atoms with Crippen LogP contribution < -0.4 is 0 Å². The second-order valence-corrected chi connectivity index (χ2v) is 6.34. The topological polar surface area (TPSA) is 87.7 Å². The van der Waals surface area contributed by atoms with Gasteiger partial charge in [0, 0.05) is 11.1 Å². The first-order valence-electron chi connectivity index (χ1n) is 7.65. The Kier molecular flexibility index (Phi) is 2.89. The van der Waals surface area contributed by atoms with Crippen LogP contribution in [0.25, 0.3) is 11.3 Å². The lowest BCUT2D eigenvalue weighted by atomic mass is 9.73. The number of ketones is 2. The number of rotatable bonds is 1. The van der Waals surface area contributed by atoms with E-state index in [1.807, 2.05) is 0 Å². The molecule has 23 heavy (non-hydrogen) atoms. The SMILES string of the molecule is Cc1coc2c1C(=O)C(=O)c1ccc3c(c1-2)CCCC3(O)CO. The Balaban J connectivity index is 2.07. The molecule has 0 saturated carbocycles. The van der Waals surface area contributed by atoms with Crippen molar-refractivity contribution < 1.29 is 24.2 Å². The lowest BCUT2D eigenvalue weighted by Crippen LogP contribution is -2.35. The molecule has 0 saturated heterocycles. The van der Waals surface area contributed by atoms with E-state index in [1.165, 1.54) is 6.26 Å². The lowest BCUT2D eigenvalue weighted by molar-refractivity contribution is -0.0326. The number of fused-ring (bicyclic) bond motifs is 5. The molecule has 2 aliphatic carbocycles. The molecule has 1 heterocycles. The smallest absolute Gasteiger partial charge is 0.237 e. The average Bonchev–Trinajstić information content (AvgIpc) is 2.94. The van der Waals surface area contributed by atoms with E-state index in [2.05, 4.69) is 0 Å². The summed E-state index contributed by atoms with van der Waals surface area (Å²) in [5.41, 5.74) is 1.96. The number of benzene rings is 1. The molecule has 2 N–H and O–H groups in total. The summed E-state index contributed by atoms with van der Waals surface area (Å²) in [7, 11) is 0. The Hall–Kier alpha value is -2.24. The minimum Gasteiger partial charge on any atom is -0.463 e. The molecule has 1 atom stereocenters. The lowest BCUT2D eigenvalue weighted by Gasteiger charge is -2.35. The fraction of sp³-hybridized carbons (Fsp3) is 0.333. The van der Waals surface area contributed by atoms with Crippen molar-refractivity contribution in [2.75, 3.05) is 6.61 Å². The van der Waals surface area contributed by atoms with Crippen LogP contribution in [0.1, 0.15) is 50.2 Å². The monoisotopic (exact) mass is 312 g/mol. The van der Waals surface area contributed by atoms with E-state index >= 15 is 0 Å². The molecule has 1 aromatic heterocycles. The van der Waals surface area contributed by atoms with E-state index in [0.29, 0.717) is 52.8 Å². The summed E-state index contributed by atoms with van der Waals surface area (Å²) in [6, 6.07) is 3.21. The highest BCUT2D eigenvalue weighted by molar-refractivity contribution is 6.53. The number of carbonyl (C=O) groups is 2. The zero-order chi connectivity index (χ0) is 16.4. The molecule has 0 aliphatic heterocycles. The Bertz CT molecular complexity index is 861. The van der Waals surface area contributed by atoms with Gasteiger partial charge in [-0.3, -0.25) is 9.59 Å². The van der Waals surface area contributed by atoms with Crippen LogP contribution in [0, 0.1) is 6.92 Å². The van der Waals surface area contributed by atoms with Gasteiger partial charge in [0.15, 0.2) is 0 Å². The predicted octanol–water partition coefficient (Wildman–Crippen LogP) is 2.15. The number of aliphatic hydroxyl groups excluding tert-OH is 1. The summed E-state index contributed by atoms with van der Waals surface area (Å²) in [6.45, 7) is 1.35. The summed E-state index contributed by atoms with van der Waals surface area (Å²) in [5, 5.41) is 20.3. The van der Waals surface area contributed by atoms with Gasteiger partial charge < -0.3 is 14.6 Å². The fourth-order valence-electron chi connectivity index (χ4n) is 3.79. The second-order valence-electron chi connectivity index (χ2n) is 6.34. The normalized spacial score (nSPS) is 22.6. The maximum atomic E-state index is 12.4. The Labute approximate surface area is 132 Å². The molecule has 2 aromatic rings. The molecule has 5 heteroatoms. The first-order chi connectivity index (χ1) is 11.0. The molecule has 0 radical (unpaired) electrons. The third kappa shape index (κ3) is 1.75. The van der Waals surface area contributed by atoms with Crippen molar-refractivity contribution in [3.05, 3.63) is 46.2 Å². The van der Waals surface area contributed by atoms with E-state index in [9.17, 15) is 19.8 Å². The highest BCUT2D eigenvalue weighted by Gasteiger charge is 2.41. The number of carbonyl (C=O) groups excluding carboxylic acids is 2. The van der Waals surface area contributed by atoms with Crippen molar-refractivity contribution in [3.8, 4) is 11.3 Å². The van der Waals surface area contributed by atoms with Gasteiger partial charge in [-0.15, -0.1) is 0 Å². The first kappa shape index (κ1) is 14.4. The number of hydrogen-bond donors (Lipinski definition) is 2. The van der Waals surface area contributed by atoms with Crippen LogP contribution in [0.3, 0.4) is 0 Å². The molecule has 1 unspecified atom stereocenters. The number of aliphatic hydroxyl groups is 2. The Morgan fingerprint density at radius 2 is 2.00 bits per heavy atom. The molecule has 5 nitrogen and oxygen atoms in total. The molecule has 0 bridgehead atoms. The molecule has 2 aliphatic rings. The molecule has 1 aromatic carbocycles. The summed E-state index contributed by atoms with van der Waals surface area (Å²) in [6.07, 6.45) is 3.30. The van der Waals surface area contributed by atoms with Gasteiger partial charge in [-0.05, 0) is 48.9 Å². The third-order valence-electron chi connectivity index (χ3n) is 4.97. The van der Waals surface area contributed by atoms with E-state index in [0.717, 1.165) is 5.56 Å². The van der Waals surface area contributed by atoms with Crippen molar-refractivity contribution in [1.29, 1.82) is 0 Å². The van der Waals surface area contributed by atoms with Crippen molar-refractivity contribution in [2.24, 2.45) is 0 Å². The quantitative estimate of drug-likeness (QED) is 0.788. The van der Waals surface area contributed by atoms with Crippen LogP contribution in [-0.2, 0) is 12.0 Å². The van der Waals surface area contributed by atoms with Crippen LogP contribution in [0.5, 0.6) is 0 Å². The van der Waals surface area contributed by atoms with E-state index in [1.54, 1.807) is 19.1 Å². The number of furan rings is 1. The van der Waals surface area contributed by atoms with Crippen LogP contribution in [-0.4, -0.2) is 28.4 Å². The summed E-state index contributed by atoms with van der Waals surface area (Å²) in [5.74, 6) is -0.689.